The summed E-state index contributed by atoms with van der Waals surface area (Å²) < 4.78 is 5.60. The number of piperazine rings is 1. The third kappa shape index (κ3) is 4.79. The van der Waals surface area contributed by atoms with Crippen molar-refractivity contribution in [2.45, 2.75) is 32.2 Å². The third-order valence-electron chi connectivity index (χ3n) is 7.80. The number of pyridine rings is 2. The zero-order valence-corrected chi connectivity index (χ0v) is 21.5. The number of hydrogen-bond donors (Lipinski definition) is 4. The number of aromatic nitrogens is 2. The van der Waals surface area contributed by atoms with Gasteiger partial charge < -0.3 is 30.6 Å². The number of hydrogen-bond acceptors (Lipinski definition) is 8. The summed E-state index contributed by atoms with van der Waals surface area (Å²) in [5, 5.41) is 9.40. The van der Waals surface area contributed by atoms with E-state index in [0.29, 0.717) is 36.1 Å². The Bertz CT molecular complexity index is 1380. The molecule has 1 aromatic carbocycles. The number of ether oxygens (including phenoxy) is 1. The average Bonchev–Trinajstić information content (AvgIpc) is 2.90. The SMILES string of the molecule is Cc1c(Nc2cc[nH]c(=O)c2C(=O)Nc2ccc(N3CCN(C4CCC4)CC3)cc2)cnc2c1NCCO2. The van der Waals surface area contributed by atoms with E-state index in [9.17, 15) is 9.59 Å². The molecule has 1 amide bonds. The molecule has 0 unspecified atom stereocenters. The molecule has 0 radical (unpaired) electrons. The molecule has 3 aliphatic rings. The molecular formula is C28H33N7O3. The molecule has 4 N–H and O–H groups in total. The molecule has 2 aliphatic heterocycles. The van der Waals surface area contributed by atoms with Crippen LogP contribution in [0, 0.1) is 6.92 Å². The van der Waals surface area contributed by atoms with E-state index in [1.54, 1.807) is 12.3 Å². The van der Waals surface area contributed by atoms with E-state index in [-0.39, 0.29) is 5.56 Å². The highest BCUT2D eigenvalue weighted by atomic mass is 16.5. The summed E-state index contributed by atoms with van der Waals surface area (Å²) in [6.07, 6.45) is 7.21. The van der Waals surface area contributed by atoms with E-state index in [4.69, 9.17) is 4.74 Å². The Labute approximate surface area is 221 Å². The smallest absolute Gasteiger partial charge is 0.263 e. The maximum atomic E-state index is 13.2. The number of benzene rings is 1. The number of amides is 1. The van der Waals surface area contributed by atoms with Crippen LogP contribution in [-0.4, -0.2) is 66.1 Å². The van der Waals surface area contributed by atoms with Gasteiger partial charge in [-0.05, 0) is 50.1 Å². The molecule has 2 fully saturated rings. The van der Waals surface area contributed by atoms with Crippen molar-refractivity contribution in [1.29, 1.82) is 0 Å². The Balaban J connectivity index is 1.15. The Kier molecular flexibility index (Phi) is 6.63. The molecule has 38 heavy (non-hydrogen) atoms. The van der Waals surface area contributed by atoms with Gasteiger partial charge in [-0.2, -0.15) is 0 Å². The van der Waals surface area contributed by atoms with Crippen molar-refractivity contribution in [3.63, 3.8) is 0 Å². The largest absolute Gasteiger partial charge is 0.474 e. The summed E-state index contributed by atoms with van der Waals surface area (Å²) in [5.74, 6) is 0.0631. The second-order valence-electron chi connectivity index (χ2n) is 10.1. The van der Waals surface area contributed by atoms with Crippen LogP contribution in [0.1, 0.15) is 35.2 Å². The van der Waals surface area contributed by atoms with Crippen molar-refractivity contribution in [2.24, 2.45) is 0 Å². The monoisotopic (exact) mass is 515 g/mol. The predicted molar refractivity (Wildman–Crippen MR) is 149 cm³/mol. The van der Waals surface area contributed by atoms with Crippen LogP contribution in [0.25, 0.3) is 0 Å². The molecule has 0 spiro atoms. The minimum Gasteiger partial charge on any atom is -0.474 e. The number of carbonyl (C=O) groups excluding carboxylic acids is 1. The molecule has 0 atom stereocenters. The van der Waals surface area contributed by atoms with Gasteiger partial charge in [0.05, 0.1) is 17.6 Å². The highest BCUT2D eigenvalue weighted by molar-refractivity contribution is 6.08. The number of rotatable bonds is 6. The van der Waals surface area contributed by atoms with Gasteiger partial charge in [-0.25, -0.2) is 4.98 Å². The lowest BCUT2D eigenvalue weighted by Crippen LogP contribution is -2.52. The molecule has 10 heteroatoms. The normalized spacial score (nSPS) is 17.6. The molecule has 3 aromatic rings. The van der Waals surface area contributed by atoms with Crippen LogP contribution in [0.4, 0.5) is 28.4 Å². The summed E-state index contributed by atoms with van der Waals surface area (Å²) in [6, 6.07) is 10.3. The number of aromatic amines is 1. The Morgan fingerprint density at radius 3 is 2.61 bits per heavy atom. The second-order valence-corrected chi connectivity index (χ2v) is 10.1. The van der Waals surface area contributed by atoms with Gasteiger partial charge in [-0.1, -0.05) is 6.42 Å². The molecule has 1 saturated heterocycles. The number of nitrogens with zero attached hydrogens (tertiary/aromatic N) is 3. The Hall–Kier alpha value is -4.05. The van der Waals surface area contributed by atoms with Crippen LogP contribution >= 0.6 is 0 Å². The van der Waals surface area contributed by atoms with Crippen LogP contribution in [-0.2, 0) is 0 Å². The minimum absolute atomic E-state index is 0.00465. The molecule has 6 rings (SSSR count). The highest BCUT2D eigenvalue weighted by Crippen LogP contribution is 2.34. The van der Waals surface area contributed by atoms with Crippen molar-refractivity contribution in [2.75, 3.05) is 60.2 Å². The van der Waals surface area contributed by atoms with Crippen LogP contribution in [0.15, 0.2) is 47.5 Å². The first-order chi connectivity index (χ1) is 18.6. The van der Waals surface area contributed by atoms with Gasteiger partial charge in [0.15, 0.2) is 0 Å². The van der Waals surface area contributed by atoms with Crippen LogP contribution in [0.2, 0.25) is 0 Å². The van der Waals surface area contributed by atoms with E-state index in [1.807, 2.05) is 31.2 Å². The topological polar surface area (TPSA) is 115 Å². The average molecular weight is 516 g/mol. The molecular weight excluding hydrogens is 482 g/mol. The summed E-state index contributed by atoms with van der Waals surface area (Å²) in [6.45, 7) is 7.39. The van der Waals surface area contributed by atoms with E-state index in [1.165, 1.54) is 25.5 Å². The quantitative estimate of drug-likeness (QED) is 0.394. The first kappa shape index (κ1) is 24.3. The van der Waals surface area contributed by atoms with Crippen molar-refractivity contribution in [1.82, 2.24) is 14.9 Å². The number of nitrogens with one attached hydrogen (secondary N) is 4. The van der Waals surface area contributed by atoms with Crippen molar-refractivity contribution < 1.29 is 9.53 Å². The first-order valence-electron chi connectivity index (χ1n) is 13.3. The Morgan fingerprint density at radius 1 is 1.08 bits per heavy atom. The number of H-pyrrole nitrogens is 1. The number of carbonyl (C=O) groups is 1. The summed E-state index contributed by atoms with van der Waals surface area (Å²) in [7, 11) is 0. The van der Waals surface area contributed by atoms with Crippen molar-refractivity contribution in [3.05, 3.63) is 64.2 Å². The summed E-state index contributed by atoms with van der Waals surface area (Å²) in [4.78, 5) is 38.0. The van der Waals surface area contributed by atoms with Gasteiger partial charge >= 0.3 is 0 Å². The van der Waals surface area contributed by atoms with E-state index in [0.717, 1.165) is 49.2 Å². The van der Waals surface area contributed by atoms with Crippen LogP contribution < -0.4 is 31.1 Å². The fourth-order valence-corrected chi connectivity index (χ4v) is 5.35. The van der Waals surface area contributed by atoms with Gasteiger partial charge in [0.25, 0.3) is 11.5 Å². The third-order valence-corrected chi connectivity index (χ3v) is 7.80. The summed E-state index contributed by atoms with van der Waals surface area (Å²) in [5.41, 5.74) is 4.09. The molecule has 1 saturated carbocycles. The zero-order valence-electron chi connectivity index (χ0n) is 21.5. The maximum absolute atomic E-state index is 13.2. The maximum Gasteiger partial charge on any atom is 0.263 e. The number of anilines is 5. The van der Waals surface area contributed by atoms with Crippen LogP contribution in [0.3, 0.4) is 0 Å². The molecule has 10 nitrogen and oxygen atoms in total. The fraction of sp³-hybridized carbons (Fsp3) is 0.393. The number of fused-ring (bicyclic) bond motifs is 1. The Morgan fingerprint density at radius 2 is 1.87 bits per heavy atom. The van der Waals surface area contributed by atoms with Gasteiger partial charge in [-0.3, -0.25) is 14.5 Å². The molecule has 1 aliphatic carbocycles. The van der Waals surface area contributed by atoms with Gasteiger partial charge in [0, 0.05) is 61.9 Å². The van der Waals surface area contributed by atoms with Gasteiger partial charge in [0.2, 0.25) is 5.88 Å². The molecule has 4 heterocycles. The van der Waals surface area contributed by atoms with E-state index in [2.05, 4.69) is 35.7 Å². The van der Waals surface area contributed by atoms with E-state index >= 15 is 0 Å². The zero-order chi connectivity index (χ0) is 26.1. The lowest BCUT2D eigenvalue weighted by Gasteiger charge is -2.43. The van der Waals surface area contributed by atoms with Gasteiger partial charge in [0.1, 0.15) is 17.9 Å². The van der Waals surface area contributed by atoms with Crippen molar-refractivity contribution >= 4 is 34.3 Å². The lowest BCUT2D eigenvalue weighted by atomic mass is 9.91. The van der Waals surface area contributed by atoms with Crippen molar-refractivity contribution in [3.8, 4) is 5.88 Å². The van der Waals surface area contributed by atoms with E-state index < -0.39 is 11.5 Å². The molecule has 0 bridgehead atoms. The lowest BCUT2D eigenvalue weighted by molar-refractivity contribution is 0.102. The fourth-order valence-electron chi connectivity index (χ4n) is 5.35. The van der Waals surface area contributed by atoms with Gasteiger partial charge in [-0.15, -0.1) is 0 Å². The minimum atomic E-state index is -0.485. The first-order valence-corrected chi connectivity index (χ1v) is 13.3. The van der Waals surface area contributed by atoms with Crippen LogP contribution in [0.5, 0.6) is 5.88 Å². The highest BCUT2D eigenvalue weighted by Gasteiger charge is 2.28. The predicted octanol–water partition coefficient (Wildman–Crippen LogP) is 3.55. The molecule has 2 aromatic heterocycles. The second kappa shape index (κ2) is 10.4. The molecule has 198 valence electrons. The standard InChI is InChI=1S/C28H33N7O3/c1-18-23(17-31-28-25(18)29-11-16-38-28)33-22-9-10-30-26(36)24(22)27(37)32-19-5-7-21(8-6-19)35-14-12-34(13-15-35)20-3-2-4-20/h5-10,17,20,29H,2-4,11-16H2,1H3,(H,32,37)(H2,30,33,36). The summed E-state index contributed by atoms with van der Waals surface area (Å²) >= 11 is 0.